The summed E-state index contributed by atoms with van der Waals surface area (Å²) >= 11 is 0. The summed E-state index contributed by atoms with van der Waals surface area (Å²) in [5.74, 6) is 1.11. The van der Waals surface area contributed by atoms with Gasteiger partial charge in [-0.25, -0.2) is 4.98 Å². The fourth-order valence-corrected chi connectivity index (χ4v) is 4.72. The average Bonchev–Trinajstić information content (AvgIpc) is 3.40. The number of pyridine rings is 2. The van der Waals surface area contributed by atoms with Gasteiger partial charge in [0.25, 0.3) is 0 Å². The van der Waals surface area contributed by atoms with Crippen molar-refractivity contribution >= 4 is 16.6 Å². The van der Waals surface area contributed by atoms with Gasteiger partial charge in [0.05, 0.1) is 11.6 Å². The summed E-state index contributed by atoms with van der Waals surface area (Å²) in [6.07, 6.45) is -2.43. The van der Waals surface area contributed by atoms with E-state index < -0.39 is 12.2 Å². The zero-order chi connectivity index (χ0) is 24.9. The average molecular weight is 485 g/mol. The van der Waals surface area contributed by atoms with Gasteiger partial charge >= 0.3 is 6.18 Å². The Balaban J connectivity index is 1.60. The number of nitrogens with zero attached hydrogens (tertiary/aromatic N) is 5. The van der Waals surface area contributed by atoms with Gasteiger partial charge in [0.15, 0.2) is 11.5 Å². The number of halogens is 3. The molecule has 1 aliphatic rings. The number of benzene rings is 1. The molecular formula is C25H27F3N6O. The quantitative estimate of drug-likeness (QED) is 0.443. The van der Waals surface area contributed by atoms with Crippen molar-refractivity contribution in [3.63, 3.8) is 0 Å². The van der Waals surface area contributed by atoms with E-state index in [-0.39, 0.29) is 24.3 Å². The minimum absolute atomic E-state index is 0.0138. The Labute approximate surface area is 200 Å². The summed E-state index contributed by atoms with van der Waals surface area (Å²) in [4.78, 5) is 6.19. The van der Waals surface area contributed by atoms with Crippen LogP contribution in [0.2, 0.25) is 0 Å². The Hall–Kier alpha value is -3.24. The summed E-state index contributed by atoms with van der Waals surface area (Å²) in [6.45, 7) is 6.34. The predicted octanol–water partition coefficient (Wildman–Crippen LogP) is 4.68. The molecule has 2 atom stereocenters. The lowest BCUT2D eigenvalue weighted by Gasteiger charge is -2.30. The van der Waals surface area contributed by atoms with Crippen molar-refractivity contribution in [2.45, 2.75) is 51.6 Å². The lowest BCUT2D eigenvalue weighted by molar-refractivity contribution is -0.183. The van der Waals surface area contributed by atoms with Gasteiger partial charge in [0, 0.05) is 36.3 Å². The van der Waals surface area contributed by atoms with Crippen LogP contribution in [-0.4, -0.2) is 55.9 Å². The second kappa shape index (κ2) is 8.76. The molecule has 2 unspecified atom stereocenters. The van der Waals surface area contributed by atoms with Gasteiger partial charge in [0.2, 0.25) is 0 Å². The second-order valence-electron chi connectivity index (χ2n) is 9.33. The van der Waals surface area contributed by atoms with Crippen molar-refractivity contribution in [1.82, 2.24) is 24.5 Å². The van der Waals surface area contributed by atoms with E-state index in [1.807, 2.05) is 39.0 Å². The van der Waals surface area contributed by atoms with Crippen LogP contribution in [0.3, 0.4) is 0 Å². The van der Waals surface area contributed by atoms with Crippen LogP contribution >= 0.6 is 0 Å². The van der Waals surface area contributed by atoms with Crippen molar-refractivity contribution in [1.29, 1.82) is 0 Å². The molecule has 4 aromatic rings. The number of aromatic nitrogens is 4. The molecule has 0 bridgehead atoms. The Kier molecular flexibility index (Phi) is 5.88. The number of alkyl halides is 3. The van der Waals surface area contributed by atoms with Gasteiger partial charge < -0.3 is 10.5 Å². The SMILES string of the molecule is Cc1c(OC(C)C)ccc2ccc(-c3nnc4ccc(C(N5CCC(N)C5)C(F)(F)F)cn34)nc12. The van der Waals surface area contributed by atoms with Crippen LogP contribution in [0.4, 0.5) is 13.2 Å². The van der Waals surface area contributed by atoms with Crippen molar-refractivity contribution in [2.75, 3.05) is 13.1 Å². The number of hydrogen-bond acceptors (Lipinski definition) is 6. The summed E-state index contributed by atoms with van der Waals surface area (Å²) in [7, 11) is 0. The minimum atomic E-state index is -4.45. The molecule has 0 aliphatic carbocycles. The molecule has 1 aliphatic heterocycles. The Morgan fingerprint density at radius 2 is 1.86 bits per heavy atom. The lowest BCUT2D eigenvalue weighted by atomic mass is 10.1. The predicted molar refractivity (Wildman–Crippen MR) is 127 cm³/mol. The summed E-state index contributed by atoms with van der Waals surface area (Å²) in [5.41, 5.74) is 8.60. The largest absolute Gasteiger partial charge is 0.491 e. The van der Waals surface area contributed by atoms with E-state index in [1.165, 1.54) is 17.2 Å². The van der Waals surface area contributed by atoms with Gasteiger partial charge in [-0.2, -0.15) is 13.2 Å². The number of likely N-dealkylation sites (tertiary alicyclic amines) is 1. The number of hydrogen-bond donors (Lipinski definition) is 1. The number of fused-ring (bicyclic) bond motifs is 2. The molecule has 0 saturated carbocycles. The maximum atomic E-state index is 14.1. The Morgan fingerprint density at radius 3 is 2.54 bits per heavy atom. The van der Waals surface area contributed by atoms with Crippen LogP contribution in [0, 0.1) is 6.92 Å². The molecule has 4 heterocycles. The highest BCUT2D eigenvalue weighted by atomic mass is 19.4. The first-order chi connectivity index (χ1) is 16.6. The highest BCUT2D eigenvalue weighted by Crippen LogP contribution is 2.39. The van der Waals surface area contributed by atoms with E-state index in [0.717, 1.165) is 22.2 Å². The van der Waals surface area contributed by atoms with E-state index in [4.69, 9.17) is 15.5 Å². The third-order valence-corrected chi connectivity index (χ3v) is 6.33. The molecule has 5 rings (SSSR count). The summed E-state index contributed by atoms with van der Waals surface area (Å²) in [5, 5.41) is 9.34. The van der Waals surface area contributed by atoms with E-state index in [9.17, 15) is 13.2 Å². The van der Waals surface area contributed by atoms with Crippen molar-refractivity contribution in [3.8, 4) is 17.3 Å². The van der Waals surface area contributed by atoms with Crippen LogP contribution in [0.5, 0.6) is 5.75 Å². The first kappa shape index (κ1) is 23.5. The molecule has 2 N–H and O–H groups in total. The molecule has 184 valence electrons. The molecular weight excluding hydrogens is 457 g/mol. The van der Waals surface area contributed by atoms with Crippen molar-refractivity contribution in [2.24, 2.45) is 5.73 Å². The summed E-state index contributed by atoms with van der Waals surface area (Å²) in [6, 6.07) is 8.57. The monoisotopic (exact) mass is 484 g/mol. The number of ether oxygens (including phenoxy) is 1. The third kappa shape index (κ3) is 4.43. The highest BCUT2D eigenvalue weighted by molar-refractivity contribution is 5.85. The number of aryl methyl sites for hydroxylation is 1. The van der Waals surface area contributed by atoms with Gasteiger partial charge in [-0.3, -0.25) is 9.30 Å². The molecule has 10 heteroatoms. The van der Waals surface area contributed by atoms with E-state index in [1.54, 1.807) is 16.5 Å². The Morgan fingerprint density at radius 1 is 1.09 bits per heavy atom. The molecule has 7 nitrogen and oxygen atoms in total. The molecule has 0 radical (unpaired) electrons. The molecule has 1 aromatic carbocycles. The standard InChI is InChI=1S/C25H27F3N6O/c1-14(2)35-20-8-5-16-4-7-19(30-22(16)15(20)3)24-32-31-21-9-6-17(12-34(21)24)23(25(26,27)28)33-11-10-18(29)13-33/h4-9,12,14,18,23H,10-11,13,29H2,1-3H3. The maximum Gasteiger partial charge on any atom is 0.408 e. The first-order valence-electron chi connectivity index (χ1n) is 11.6. The zero-order valence-corrected chi connectivity index (χ0v) is 19.8. The number of nitrogens with two attached hydrogens (primary N) is 1. The molecule has 3 aromatic heterocycles. The van der Waals surface area contributed by atoms with Crippen LogP contribution < -0.4 is 10.5 Å². The van der Waals surface area contributed by atoms with E-state index in [0.29, 0.717) is 30.1 Å². The van der Waals surface area contributed by atoms with Gasteiger partial charge in [0.1, 0.15) is 17.5 Å². The first-order valence-corrected chi connectivity index (χ1v) is 11.6. The zero-order valence-electron chi connectivity index (χ0n) is 19.8. The molecule has 1 fully saturated rings. The normalized spacial score (nSPS) is 18.1. The van der Waals surface area contributed by atoms with Crippen LogP contribution in [-0.2, 0) is 0 Å². The van der Waals surface area contributed by atoms with E-state index >= 15 is 0 Å². The maximum absolute atomic E-state index is 14.1. The van der Waals surface area contributed by atoms with Gasteiger partial charge in [-0.15, -0.1) is 10.2 Å². The number of rotatable bonds is 5. The summed E-state index contributed by atoms with van der Waals surface area (Å²) < 4.78 is 49.9. The van der Waals surface area contributed by atoms with Crippen LogP contribution in [0.1, 0.15) is 37.4 Å². The minimum Gasteiger partial charge on any atom is -0.491 e. The lowest BCUT2D eigenvalue weighted by Crippen LogP contribution is -2.38. The molecule has 35 heavy (non-hydrogen) atoms. The third-order valence-electron chi connectivity index (χ3n) is 6.33. The second-order valence-corrected chi connectivity index (χ2v) is 9.33. The molecule has 1 saturated heterocycles. The Bertz CT molecular complexity index is 1380. The van der Waals surface area contributed by atoms with Crippen LogP contribution in [0.15, 0.2) is 42.6 Å². The highest BCUT2D eigenvalue weighted by Gasteiger charge is 2.46. The van der Waals surface area contributed by atoms with Gasteiger partial charge in [-0.05, 0) is 57.0 Å². The molecule has 0 spiro atoms. The van der Waals surface area contributed by atoms with Crippen molar-refractivity contribution < 1.29 is 17.9 Å². The smallest absolute Gasteiger partial charge is 0.408 e. The van der Waals surface area contributed by atoms with Crippen LogP contribution in [0.25, 0.3) is 28.1 Å². The molecule has 0 amide bonds. The fourth-order valence-electron chi connectivity index (χ4n) is 4.72. The van der Waals surface area contributed by atoms with Gasteiger partial charge in [-0.1, -0.05) is 12.1 Å². The van der Waals surface area contributed by atoms with Crippen molar-refractivity contribution in [3.05, 3.63) is 53.7 Å². The topological polar surface area (TPSA) is 81.6 Å². The van der Waals surface area contributed by atoms with E-state index in [2.05, 4.69) is 10.2 Å². The fraction of sp³-hybridized carbons (Fsp3) is 0.400.